The molecule has 6 heteroatoms. The number of carbonyl (C=O) groups is 1. The van der Waals surface area contributed by atoms with E-state index in [4.69, 9.17) is 27.9 Å². The van der Waals surface area contributed by atoms with Crippen LogP contribution in [0.2, 0.25) is 10.0 Å². The van der Waals surface area contributed by atoms with Crippen molar-refractivity contribution in [2.24, 2.45) is 0 Å². The van der Waals surface area contributed by atoms with Gasteiger partial charge in [0.15, 0.2) is 0 Å². The lowest BCUT2D eigenvalue weighted by Crippen LogP contribution is -2.15. The molecule has 0 spiro atoms. The summed E-state index contributed by atoms with van der Waals surface area (Å²) in [5.41, 5.74) is 1.47. The van der Waals surface area contributed by atoms with E-state index >= 15 is 0 Å². The summed E-state index contributed by atoms with van der Waals surface area (Å²) in [5.74, 6) is 0. The molecule has 0 heterocycles. The molecule has 21 heavy (non-hydrogen) atoms. The molecule has 2 aromatic carbocycles. The van der Waals surface area contributed by atoms with E-state index in [1.165, 1.54) is 6.07 Å². The average molecular weight is 326 g/mol. The highest BCUT2D eigenvalue weighted by atomic mass is 35.5. The average Bonchev–Trinajstić information content (AvgIpc) is 2.50. The van der Waals surface area contributed by atoms with Gasteiger partial charge in [-0.25, -0.2) is 4.79 Å². The zero-order chi connectivity index (χ0) is 15.2. The van der Waals surface area contributed by atoms with Crippen LogP contribution in [0.15, 0.2) is 42.5 Å². The van der Waals surface area contributed by atoms with Crippen molar-refractivity contribution in [3.05, 3.63) is 63.6 Å². The standard InChI is InChI=1S/C15H13Cl2NO3/c16-12-6-7-13(17)14(11(12)8-19)18-15(20)21-9-10-4-2-1-3-5-10/h1-7,19H,8-9H2,(H,18,20). The molecule has 0 aliphatic heterocycles. The minimum absolute atomic E-state index is 0.138. The van der Waals surface area contributed by atoms with E-state index in [0.717, 1.165) is 5.56 Å². The van der Waals surface area contributed by atoms with Crippen LogP contribution in [0.3, 0.4) is 0 Å². The fraction of sp³-hybridized carbons (Fsp3) is 0.133. The SMILES string of the molecule is O=C(Nc1c(Cl)ccc(Cl)c1CO)OCc1ccccc1. The van der Waals surface area contributed by atoms with Crippen molar-refractivity contribution in [3.63, 3.8) is 0 Å². The van der Waals surface area contributed by atoms with Crippen molar-refractivity contribution in [3.8, 4) is 0 Å². The van der Waals surface area contributed by atoms with Crippen LogP contribution in [-0.2, 0) is 18.0 Å². The molecular weight excluding hydrogens is 313 g/mol. The first-order valence-corrected chi connectivity index (χ1v) is 6.93. The van der Waals surface area contributed by atoms with Crippen LogP contribution >= 0.6 is 23.2 Å². The Kier molecular flexibility index (Phi) is 5.44. The van der Waals surface area contributed by atoms with Crippen molar-refractivity contribution in [2.75, 3.05) is 5.32 Å². The van der Waals surface area contributed by atoms with E-state index in [-0.39, 0.29) is 23.9 Å². The first-order valence-electron chi connectivity index (χ1n) is 6.17. The van der Waals surface area contributed by atoms with E-state index in [9.17, 15) is 9.90 Å². The number of hydrogen-bond acceptors (Lipinski definition) is 3. The molecule has 1 amide bonds. The molecule has 2 aromatic rings. The van der Waals surface area contributed by atoms with Crippen molar-refractivity contribution in [1.29, 1.82) is 0 Å². The molecule has 110 valence electrons. The Morgan fingerprint density at radius 3 is 2.43 bits per heavy atom. The molecule has 4 nitrogen and oxygen atoms in total. The van der Waals surface area contributed by atoms with Crippen molar-refractivity contribution < 1.29 is 14.6 Å². The molecule has 0 aromatic heterocycles. The summed E-state index contributed by atoms with van der Waals surface area (Å²) in [6.45, 7) is -0.201. The van der Waals surface area contributed by atoms with Gasteiger partial charge in [0.25, 0.3) is 0 Å². The lowest BCUT2D eigenvalue weighted by molar-refractivity contribution is 0.155. The van der Waals surface area contributed by atoms with Crippen LogP contribution < -0.4 is 5.32 Å². The van der Waals surface area contributed by atoms with Crippen LogP contribution in [0.1, 0.15) is 11.1 Å². The number of aliphatic hydroxyl groups is 1. The first kappa shape index (κ1) is 15.6. The molecule has 2 N–H and O–H groups in total. The predicted molar refractivity (Wildman–Crippen MR) is 82.6 cm³/mol. The van der Waals surface area contributed by atoms with Crippen LogP contribution in [0.5, 0.6) is 0 Å². The summed E-state index contributed by atoms with van der Waals surface area (Å²) in [6.07, 6.45) is -0.669. The summed E-state index contributed by atoms with van der Waals surface area (Å²) < 4.78 is 5.09. The van der Waals surface area contributed by atoms with Gasteiger partial charge in [-0.3, -0.25) is 5.32 Å². The minimum atomic E-state index is -0.669. The van der Waals surface area contributed by atoms with Gasteiger partial charge in [-0.2, -0.15) is 0 Å². The monoisotopic (exact) mass is 325 g/mol. The predicted octanol–water partition coefficient (Wildman–Crippen LogP) is 4.23. The topological polar surface area (TPSA) is 58.6 Å². The van der Waals surface area contributed by atoms with Gasteiger partial charge in [0.1, 0.15) is 6.61 Å². The van der Waals surface area contributed by atoms with Gasteiger partial charge in [0.2, 0.25) is 0 Å². The Hall–Kier alpha value is -1.75. The van der Waals surface area contributed by atoms with Gasteiger partial charge in [0.05, 0.1) is 17.3 Å². The first-order chi connectivity index (χ1) is 10.1. The van der Waals surface area contributed by atoms with Gasteiger partial charge < -0.3 is 9.84 Å². The number of hydrogen-bond donors (Lipinski definition) is 2. The maximum atomic E-state index is 11.8. The number of carbonyl (C=O) groups excluding carboxylic acids is 1. The lowest BCUT2D eigenvalue weighted by Gasteiger charge is -2.13. The fourth-order valence-electron chi connectivity index (χ4n) is 1.74. The van der Waals surface area contributed by atoms with Crippen molar-refractivity contribution in [2.45, 2.75) is 13.2 Å². The number of rotatable bonds is 4. The Bertz CT molecular complexity index is 632. The molecule has 2 rings (SSSR count). The van der Waals surface area contributed by atoms with Crippen molar-refractivity contribution in [1.82, 2.24) is 0 Å². The van der Waals surface area contributed by atoms with E-state index in [2.05, 4.69) is 5.32 Å². The summed E-state index contributed by atoms with van der Waals surface area (Å²) >= 11 is 11.9. The van der Waals surface area contributed by atoms with E-state index in [1.54, 1.807) is 6.07 Å². The maximum Gasteiger partial charge on any atom is 0.412 e. The van der Waals surface area contributed by atoms with Gasteiger partial charge >= 0.3 is 6.09 Å². The van der Waals surface area contributed by atoms with Crippen LogP contribution in [0, 0.1) is 0 Å². The third kappa shape index (κ3) is 4.11. The fourth-order valence-corrected chi connectivity index (χ4v) is 2.19. The molecule has 0 saturated carbocycles. The van der Waals surface area contributed by atoms with Gasteiger partial charge in [0, 0.05) is 10.6 Å². The van der Waals surface area contributed by atoms with Gasteiger partial charge in [-0.05, 0) is 17.7 Å². The summed E-state index contributed by atoms with van der Waals surface area (Å²) in [5, 5.41) is 12.4. The molecule has 0 saturated heterocycles. The highest BCUT2D eigenvalue weighted by molar-refractivity contribution is 6.36. The highest BCUT2D eigenvalue weighted by Gasteiger charge is 2.14. The van der Waals surface area contributed by atoms with E-state index < -0.39 is 6.09 Å². The second-order valence-corrected chi connectivity index (χ2v) is 5.04. The maximum absolute atomic E-state index is 11.8. The Balaban J connectivity index is 2.05. The number of anilines is 1. The molecule has 0 fully saturated rings. The molecule has 0 aliphatic carbocycles. The normalized spacial score (nSPS) is 10.2. The third-order valence-electron chi connectivity index (χ3n) is 2.80. The van der Waals surface area contributed by atoms with E-state index in [1.807, 2.05) is 30.3 Å². The number of ether oxygens (including phenoxy) is 1. The van der Waals surface area contributed by atoms with Crippen LogP contribution in [0.4, 0.5) is 10.5 Å². The number of benzene rings is 2. The second-order valence-electron chi connectivity index (χ2n) is 4.23. The molecule has 0 aliphatic rings. The molecular formula is C15H13Cl2NO3. The number of nitrogens with one attached hydrogen (secondary N) is 1. The summed E-state index contributed by atoms with van der Waals surface area (Å²) in [6, 6.07) is 12.4. The van der Waals surface area contributed by atoms with Crippen LogP contribution in [-0.4, -0.2) is 11.2 Å². The zero-order valence-corrected chi connectivity index (χ0v) is 12.5. The molecule has 0 radical (unpaired) electrons. The number of halogens is 2. The quantitative estimate of drug-likeness (QED) is 0.884. The molecule has 0 bridgehead atoms. The second kappa shape index (κ2) is 7.31. The zero-order valence-electron chi connectivity index (χ0n) is 11.0. The minimum Gasteiger partial charge on any atom is -0.444 e. The van der Waals surface area contributed by atoms with Crippen LogP contribution in [0.25, 0.3) is 0 Å². The summed E-state index contributed by atoms with van der Waals surface area (Å²) in [4.78, 5) is 11.8. The third-order valence-corrected chi connectivity index (χ3v) is 3.47. The Labute approximate surface area is 132 Å². The highest BCUT2D eigenvalue weighted by Crippen LogP contribution is 2.32. The largest absolute Gasteiger partial charge is 0.444 e. The van der Waals surface area contributed by atoms with E-state index in [0.29, 0.717) is 10.6 Å². The van der Waals surface area contributed by atoms with Crippen molar-refractivity contribution >= 4 is 35.0 Å². The molecule has 0 unspecified atom stereocenters. The Morgan fingerprint density at radius 1 is 1.10 bits per heavy atom. The Morgan fingerprint density at radius 2 is 1.76 bits per heavy atom. The van der Waals surface area contributed by atoms with Gasteiger partial charge in [-0.1, -0.05) is 53.5 Å². The smallest absolute Gasteiger partial charge is 0.412 e. The number of aliphatic hydroxyl groups excluding tert-OH is 1. The molecule has 0 atom stereocenters. The number of amides is 1. The summed E-state index contributed by atoms with van der Waals surface area (Å²) in [7, 11) is 0. The van der Waals surface area contributed by atoms with Gasteiger partial charge in [-0.15, -0.1) is 0 Å². The lowest BCUT2D eigenvalue weighted by atomic mass is 10.2.